The Morgan fingerprint density at radius 1 is 1.31 bits per heavy atom. The van der Waals surface area contributed by atoms with Crippen molar-refractivity contribution in [3.05, 3.63) is 59.9 Å². The minimum absolute atomic E-state index is 0.0119. The van der Waals surface area contributed by atoms with Crippen LogP contribution in [-0.2, 0) is 4.74 Å². The number of pyridine rings is 1. The molecule has 2 N–H and O–H groups in total. The van der Waals surface area contributed by atoms with Crippen molar-refractivity contribution < 1.29 is 14.3 Å². The van der Waals surface area contributed by atoms with E-state index in [1.165, 1.54) is 4.57 Å². The molecule has 12 heteroatoms. The fourth-order valence-corrected chi connectivity index (χ4v) is 5.20. The summed E-state index contributed by atoms with van der Waals surface area (Å²) in [6, 6.07) is 3.07. The summed E-state index contributed by atoms with van der Waals surface area (Å²) in [7, 11) is 0. The summed E-state index contributed by atoms with van der Waals surface area (Å²) < 4.78 is 13.7. The molecule has 210 valence electrons. The maximum atomic E-state index is 13.3. The lowest BCUT2D eigenvalue weighted by Gasteiger charge is -2.37. The second-order valence-corrected chi connectivity index (χ2v) is 12.1. The number of carbonyl (C=O) groups is 1. The van der Waals surface area contributed by atoms with E-state index in [0.717, 1.165) is 5.56 Å². The Bertz CT molecular complexity index is 1530. The van der Waals surface area contributed by atoms with Crippen molar-refractivity contribution in [3.63, 3.8) is 0 Å². The van der Waals surface area contributed by atoms with Crippen LogP contribution in [0.1, 0.15) is 51.8 Å². The van der Waals surface area contributed by atoms with Crippen molar-refractivity contribution in [2.24, 2.45) is 0 Å². The van der Waals surface area contributed by atoms with Crippen LogP contribution in [0, 0.1) is 6.92 Å². The minimum Gasteiger partial charge on any atom is -0.489 e. The largest absolute Gasteiger partial charge is 0.489 e. The van der Waals surface area contributed by atoms with Gasteiger partial charge in [-0.05, 0) is 67.2 Å². The van der Waals surface area contributed by atoms with Crippen LogP contribution < -0.4 is 21.3 Å². The summed E-state index contributed by atoms with van der Waals surface area (Å²) >= 11 is 10.1. The van der Waals surface area contributed by atoms with Gasteiger partial charge in [0, 0.05) is 30.3 Å². The third-order valence-corrected chi connectivity index (χ3v) is 7.60. The molecule has 3 heterocycles. The van der Waals surface area contributed by atoms with Gasteiger partial charge < -0.3 is 14.8 Å². The molecule has 1 aromatic carbocycles. The topological polar surface area (TPSA) is 119 Å². The Morgan fingerprint density at radius 3 is 2.69 bits per heavy atom. The van der Waals surface area contributed by atoms with Crippen molar-refractivity contribution >= 4 is 44.5 Å². The number of halogens is 2. The highest BCUT2D eigenvalue weighted by Gasteiger charge is 2.32. The molecule has 10 nitrogen and oxygen atoms in total. The Hall–Kier alpha value is -2.89. The molecule has 3 aromatic rings. The highest BCUT2D eigenvalue weighted by molar-refractivity contribution is 9.10. The SMILES string of the molecule is Cc1ccnc(C(C)C)c1-n1c(=O)[nH]c(=O)c2c(OCC3CNCCN3C(=O)OC(C)(C)C)c(Cl)c(Br)cc21. The van der Waals surface area contributed by atoms with Gasteiger partial charge in [0.2, 0.25) is 0 Å². The predicted molar refractivity (Wildman–Crippen MR) is 155 cm³/mol. The first-order valence-corrected chi connectivity index (χ1v) is 13.9. The number of carbonyl (C=O) groups excluding carboxylic acids is 1. The minimum atomic E-state index is -0.645. The van der Waals surface area contributed by atoms with Gasteiger partial charge >= 0.3 is 11.8 Å². The summed E-state index contributed by atoms with van der Waals surface area (Å²) in [4.78, 5) is 47.9. The van der Waals surface area contributed by atoms with E-state index in [9.17, 15) is 14.4 Å². The number of fused-ring (bicyclic) bond motifs is 1. The standard InChI is InChI=1S/C27H33BrClN5O5/c1-14(2)21-22(15(3)7-8-31-21)34-18-11-17(28)20(29)23(19(18)24(35)32-25(34)36)38-13-16-12-30-9-10-33(16)26(37)39-27(4,5)6/h7-8,11,14,16,30H,9-10,12-13H2,1-6H3,(H,32,35,36). The van der Waals surface area contributed by atoms with E-state index in [4.69, 9.17) is 21.1 Å². The number of hydrogen-bond donors (Lipinski definition) is 2. The first-order chi connectivity index (χ1) is 18.3. The molecule has 0 spiro atoms. The van der Waals surface area contributed by atoms with Crippen molar-refractivity contribution in [2.45, 2.75) is 59.1 Å². The van der Waals surface area contributed by atoms with Gasteiger partial charge in [0.15, 0.2) is 5.75 Å². The van der Waals surface area contributed by atoms with Crippen LogP contribution in [-0.4, -0.2) is 63.4 Å². The van der Waals surface area contributed by atoms with Gasteiger partial charge in [-0.3, -0.25) is 24.2 Å². The number of benzene rings is 1. The fourth-order valence-electron chi connectivity index (χ4n) is 4.60. The first-order valence-electron chi connectivity index (χ1n) is 12.8. The normalized spacial score (nSPS) is 16.1. The second-order valence-electron chi connectivity index (χ2n) is 10.8. The molecule has 1 atom stereocenters. The van der Waals surface area contributed by atoms with Crippen molar-refractivity contribution in [3.8, 4) is 11.4 Å². The lowest BCUT2D eigenvalue weighted by molar-refractivity contribution is 0.00639. The van der Waals surface area contributed by atoms with Crippen molar-refractivity contribution in [1.82, 2.24) is 24.8 Å². The van der Waals surface area contributed by atoms with E-state index in [2.05, 4.69) is 31.2 Å². The molecule has 1 unspecified atom stereocenters. The average molecular weight is 623 g/mol. The van der Waals surface area contributed by atoms with Gasteiger partial charge in [-0.2, -0.15) is 0 Å². The van der Waals surface area contributed by atoms with Crippen LogP contribution in [0.4, 0.5) is 4.79 Å². The van der Waals surface area contributed by atoms with Gasteiger partial charge in [-0.15, -0.1) is 0 Å². The Labute approximate surface area is 239 Å². The Balaban J connectivity index is 1.83. The fraction of sp³-hybridized carbons (Fsp3) is 0.481. The number of H-pyrrole nitrogens is 1. The molecule has 2 aromatic heterocycles. The zero-order valence-corrected chi connectivity index (χ0v) is 25.2. The monoisotopic (exact) mass is 621 g/mol. The smallest absolute Gasteiger partial charge is 0.410 e. The molecular formula is C27H33BrClN5O5. The summed E-state index contributed by atoms with van der Waals surface area (Å²) in [5, 5.41) is 3.56. The van der Waals surface area contributed by atoms with Crippen LogP contribution in [0.3, 0.4) is 0 Å². The Morgan fingerprint density at radius 2 is 2.03 bits per heavy atom. The average Bonchev–Trinajstić information content (AvgIpc) is 2.84. The van der Waals surface area contributed by atoms with Crippen LogP contribution >= 0.6 is 27.5 Å². The Kier molecular flexibility index (Phi) is 8.44. The maximum absolute atomic E-state index is 13.3. The number of amides is 1. The van der Waals surface area contributed by atoms with E-state index in [0.29, 0.717) is 41.0 Å². The molecule has 0 saturated carbocycles. The lowest BCUT2D eigenvalue weighted by atomic mass is 10.0. The molecule has 1 aliphatic heterocycles. The predicted octanol–water partition coefficient (Wildman–Crippen LogP) is 4.51. The van der Waals surface area contributed by atoms with Crippen LogP contribution in [0.2, 0.25) is 5.02 Å². The van der Waals surface area contributed by atoms with Crippen molar-refractivity contribution in [2.75, 3.05) is 26.2 Å². The van der Waals surface area contributed by atoms with E-state index >= 15 is 0 Å². The van der Waals surface area contributed by atoms with Gasteiger partial charge in [0.05, 0.1) is 28.0 Å². The summed E-state index contributed by atoms with van der Waals surface area (Å²) in [5.41, 5.74) is 0.560. The molecule has 0 bridgehead atoms. The number of nitrogens with one attached hydrogen (secondary N) is 2. The third kappa shape index (κ3) is 6.00. The summed E-state index contributed by atoms with van der Waals surface area (Å²) in [5.74, 6) is 0.122. The van der Waals surface area contributed by atoms with E-state index in [1.807, 2.05) is 47.6 Å². The number of aromatic amines is 1. The lowest BCUT2D eigenvalue weighted by Crippen LogP contribution is -2.56. The van der Waals surface area contributed by atoms with Gasteiger partial charge in [0.1, 0.15) is 17.6 Å². The summed E-state index contributed by atoms with van der Waals surface area (Å²) in [6.07, 6.45) is 1.26. The molecule has 1 amide bonds. The van der Waals surface area contributed by atoms with Crippen LogP contribution in [0.15, 0.2) is 32.4 Å². The molecular weight excluding hydrogens is 590 g/mol. The van der Waals surface area contributed by atoms with Gasteiger partial charge in [-0.1, -0.05) is 25.4 Å². The second kappa shape index (κ2) is 11.3. The first kappa shape index (κ1) is 29.1. The molecule has 1 saturated heterocycles. The van der Waals surface area contributed by atoms with E-state index < -0.39 is 22.9 Å². The number of rotatable bonds is 5. The molecule has 0 radical (unpaired) electrons. The summed E-state index contributed by atoms with van der Waals surface area (Å²) in [6.45, 7) is 12.9. The molecule has 39 heavy (non-hydrogen) atoms. The van der Waals surface area contributed by atoms with Crippen LogP contribution in [0.25, 0.3) is 16.6 Å². The van der Waals surface area contributed by atoms with Crippen LogP contribution in [0.5, 0.6) is 5.75 Å². The highest BCUT2D eigenvalue weighted by atomic mass is 79.9. The zero-order valence-electron chi connectivity index (χ0n) is 22.9. The molecule has 0 aliphatic carbocycles. The highest BCUT2D eigenvalue weighted by Crippen LogP contribution is 2.39. The van der Waals surface area contributed by atoms with Gasteiger partial charge in [0.25, 0.3) is 5.56 Å². The third-order valence-electron chi connectivity index (χ3n) is 6.37. The number of aromatic nitrogens is 3. The van der Waals surface area contributed by atoms with E-state index in [-0.39, 0.29) is 34.7 Å². The van der Waals surface area contributed by atoms with E-state index in [1.54, 1.807) is 17.2 Å². The molecule has 4 rings (SSSR count). The number of piperazine rings is 1. The quantitative estimate of drug-likeness (QED) is 0.430. The number of nitrogens with zero attached hydrogens (tertiary/aromatic N) is 3. The van der Waals surface area contributed by atoms with Gasteiger partial charge in [-0.25, -0.2) is 9.59 Å². The number of aryl methyl sites for hydroxylation is 1. The molecule has 1 aliphatic rings. The maximum Gasteiger partial charge on any atom is 0.410 e. The zero-order chi connectivity index (χ0) is 28.6. The number of ether oxygens (including phenoxy) is 2. The van der Waals surface area contributed by atoms with Crippen molar-refractivity contribution in [1.29, 1.82) is 0 Å². The number of hydrogen-bond acceptors (Lipinski definition) is 7. The molecule has 1 fully saturated rings.